The van der Waals surface area contributed by atoms with E-state index in [1.807, 2.05) is 6.07 Å². The number of anilines is 1. The van der Waals surface area contributed by atoms with E-state index in [4.69, 9.17) is 21.6 Å². The second kappa shape index (κ2) is 7.32. The van der Waals surface area contributed by atoms with E-state index in [9.17, 15) is 4.79 Å². The SMILES string of the molecule is N#Cc1cccc(NC(=O)CCOc2cccc(Cl)c2)c1. The largest absolute Gasteiger partial charge is 0.493 e. The Morgan fingerprint density at radius 2 is 2.05 bits per heavy atom. The Labute approximate surface area is 127 Å². The lowest BCUT2D eigenvalue weighted by Gasteiger charge is -2.07. The minimum atomic E-state index is -0.174. The van der Waals surface area contributed by atoms with Crippen LogP contribution in [0.4, 0.5) is 5.69 Å². The quantitative estimate of drug-likeness (QED) is 0.917. The first-order valence-electron chi connectivity index (χ1n) is 6.36. The molecule has 0 aliphatic heterocycles. The molecule has 4 nitrogen and oxygen atoms in total. The molecule has 0 atom stereocenters. The van der Waals surface area contributed by atoms with Gasteiger partial charge in [0, 0.05) is 10.7 Å². The van der Waals surface area contributed by atoms with Gasteiger partial charge in [-0.3, -0.25) is 4.79 Å². The van der Waals surface area contributed by atoms with Crippen LogP contribution in [0.1, 0.15) is 12.0 Å². The maximum Gasteiger partial charge on any atom is 0.227 e. The summed E-state index contributed by atoms with van der Waals surface area (Å²) in [4.78, 5) is 11.8. The van der Waals surface area contributed by atoms with Crippen LogP contribution in [0.15, 0.2) is 48.5 Å². The van der Waals surface area contributed by atoms with E-state index in [0.29, 0.717) is 22.0 Å². The molecular weight excluding hydrogens is 288 g/mol. The van der Waals surface area contributed by atoms with Crippen LogP contribution in [0.25, 0.3) is 0 Å². The van der Waals surface area contributed by atoms with E-state index >= 15 is 0 Å². The van der Waals surface area contributed by atoms with Gasteiger partial charge in [0.15, 0.2) is 0 Å². The molecule has 0 unspecified atom stereocenters. The summed E-state index contributed by atoms with van der Waals surface area (Å²) in [5.41, 5.74) is 1.10. The molecule has 2 rings (SSSR count). The highest BCUT2D eigenvalue weighted by atomic mass is 35.5. The summed E-state index contributed by atoms with van der Waals surface area (Å²) in [6.45, 7) is 0.254. The predicted molar refractivity (Wildman–Crippen MR) is 81.4 cm³/mol. The maximum absolute atomic E-state index is 11.8. The highest BCUT2D eigenvalue weighted by Crippen LogP contribution is 2.17. The lowest BCUT2D eigenvalue weighted by molar-refractivity contribution is -0.116. The monoisotopic (exact) mass is 300 g/mol. The van der Waals surface area contributed by atoms with Crippen molar-refractivity contribution < 1.29 is 9.53 Å². The molecule has 0 radical (unpaired) electrons. The lowest BCUT2D eigenvalue weighted by atomic mass is 10.2. The summed E-state index contributed by atoms with van der Waals surface area (Å²) >= 11 is 5.84. The number of carbonyl (C=O) groups is 1. The van der Waals surface area contributed by atoms with Crippen LogP contribution in [0.3, 0.4) is 0 Å². The molecule has 0 fully saturated rings. The number of nitrogens with one attached hydrogen (secondary N) is 1. The molecule has 1 N–H and O–H groups in total. The first kappa shape index (κ1) is 14.9. The molecule has 0 aromatic heterocycles. The molecule has 0 bridgehead atoms. The van der Waals surface area contributed by atoms with E-state index in [2.05, 4.69) is 5.32 Å². The van der Waals surface area contributed by atoms with Crippen LogP contribution >= 0.6 is 11.6 Å². The van der Waals surface area contributed by atoms with Gasteiger partial charge in [-0.25, -0.2) is 0 Å². The Kier molecular flexibility index (Phi) is 5.19. The van der Waals surface area contributed by atoms with Gasteiger partial charge in [-0.2, -0.15) is 5.26 Å². The Morgan fingerprint density at radius 3 is 2.81 bits per heavy atom. The fourth-order valence-corrected chi connectivity index (χ4v) is 1.89. The van der Waals surface area contributed by atoms with Crippen LogP contribution in [0.2, 0.25) is 5.02 Å². The van der Waals surface area contributed by atoms with Gasteiger partial charge in [0.25, 0.3) is 0 Å². The highest BCUT2D eigenvalue weighted by Gasteiger charge is 2.04. The molecule has 0 saturated carbocycles. The first-order valence-corrected chi connectivity index (χ1v) is 6.73. The molecule has 106 valence electrons. The summed E-state index contributed by atoms with van der Waals surface area (Å²) in [6, 6.07) is 15.8. The molecule has 2 aromatic carbocycles. The number of nitriles is 1. The van der Waals surface area contributed by atoms with Crippen molar-refractivity contribution in [3.63, 3.8) is 0 Å². The number of ether oxygens (including phenoxy) is 1. The number of amides is 1. The second-order valence-electron chi connectivity index (χ2n) is 4.30. The van der Waals surface area contributed by atoms with Crippen LogP contribution in [0, 0.1) is 11.3 Å². The minimum absolute atomic E-state index is 0.174. The highest BCUT2D eigenvalue weighted by molar-refractivity contribution is 6.30. The molecule has 1 amide bonds. The molecular formula is C16H13ClN2O2. The van der Waals surface area contributed by atoms with Crippen molar-refractivity contribution in [1.82, 2.24) is 0 Å². The first-order chi connectivity index (χ1) is 10.2. The number of halogens is 1. The molecule has 0 aliphatic carbocycles. The number of carbonyl (C=O) groups excluding carboxylic acids is 1. The van der Waals surface area contributed by atoms with E-state index < -0.39 is 0 Å². The molecule has 5 heteroatoms. The van der Waals surface area contributed by atoms with Gasteiger partial charge in [-0.1, -0.05) is 23.7 Å². The van der Waals surface area contributed by atoms with Gasteiger partial charge in [-0.15, -0.1) is 0 Å². The standard InChI is InChI=1S/C16H13ClN2O2/c17-13-4-2-6-15(10-13)21-8-7-16(20)19-14-5-1-3-12(9-14)11-18/h1-6,9-10H,7-8H2,(H,19,20). The van der Waals surface area contributed by atoms with E-state index in [1.54, 1.807) is 48.5 Å². The smallest absolute Gasteiger partial charge is 0.227 e. The van der Waals surface area contributed by atoms with Crippen LogP contribution in [0.5, 0.6) is 5.75 Å². The zero-order valence-electron chi connectivity index (χ0n) is 11.2. The van der Waals surface area contributed by atoms with E-state index in [1.165, 1.54) is 0 Å². The minimum Gasteiger partial charge on any atom is -0.493 e. The zero-order valence-corrected chi connectivity index (χ0v) is 11.9. The maximum atomic E-state index is 11.8. The summed E-state index contributed by atoms with van der Waals surface area (Å²) in [7, 11) is 0. The van der Waals surface area contributed by atoms with Gasteiger partial charge in [0.2, 0.25) is 5.91 Å². The van der Waals surface area contributed by atoms with Crippen molar-refractivity contribution in [3.8, 4) is 11.8 Å². The second-order valence-corrected chi connectivity index (χ2v) is 4.73. The normalized spacial score (nSPS) is 9.71. The Balaban J connectivity index is 1.81. The number of nitrogens with zero attached hydrogens (tertiary/aromatic N) is 1. The van der Waals surface area contributed by atoms with Gasteiger partial charge in [-0.05, 0) is 36.4 Å². The summed E-state index contributed by atoms with van der Waals surface area (Å²) in [6.07, 6.45) is 0.212. The van der Waals surface area contributed by atoms with Gasteiger partial charge >= 0.3 is 0 Å². The average Bonchev–Trinajstić information content (AvgIpc) is 2.47. The van der Waals surface area contributed by atoms with E-state index in [-0.39, 0.29) is 18.9 Å². The number of hydrogen-bond acceptors (Lipinski definition) is 3. The van der Waals surface area contributed by atoms with Crippen LogP contribution in [-0.2, 0) is 4.79 Å². The van der Waals surface area contributed by atoms with Gasteiger partial charge < -0.3 is 10.1 Å². The zero-order chi connectivity index (χ0) is 15.1. The summed E-state index contributed by atoms with van der Waals surface area (Å²) in [5, 5.41) is 12.1. The van der Waals surface area contributed by atoms with Crippen molar-refractivity contribution in [3.05, 3.63) is 59.1 Å². The number of rotatable bonds is 5. The lowest BCUT2D eigenvalue weighted by Crippen LogP contribution is -2.15. The number of hydrogen-bond donors (Lipinski definition) is 1. The molecule has 0 aliphatic rings. The summed E-state index contributed by atoms with van der Waals surface area (Å²) in [5.74, 6) is 0.453. The molecule has 2 aromatic rings. The van der Waals surface area contributed by atoms with Crippen LogP contribution < -0.4 is 10.1 Å². The Morgan fingerprint density at radius 1 is 1.24 bits per heavy atom. The van der Waals surface area contributed by atoms with Gasteiger partial charge in [0.1, 0.15) is 5.75 Å². The fraction of sp³-hybridized carbons (Fsp3) is 0.125. The topological polar surface area (TPSA) is 62.1 Å². The summed E-state index contributed by atoms with van der Waals surface area (Å²) < 4.78 is 5.44. The molecule has 0 saturated heterocycles. The van der Waals surface area contributed by atoms with Crippen molar-refractivity contribution in [2.45, 2.75) is 6.42 Å². The predicted octanol–water partition coefficient (Wildman–Crippen LogP) is 3.62. The van der Waals surface area contributed by atoms with Crippen molar-refractivity contribution >= 4 is 23.2 Å². The average molecular weight is 301 g/mol. The Hall–Kier alpha value is -2.51. The third kappa shape index (κ3) is 4.83. The third-order valence-corrected chi connectivity index (χ3v) is 2.90. The third-order valence-electron chi connectivity index (χ3n) is 2.67. The van der Waals surface area contributed by atoms with E-state index in [0.717, 1.165) is 0 Å². The van der Waals surface area contributed by atoms with Gasteiger partial charge in [0.05, 0.1) is 24.7 Å². The molecule has 0 spiro atoms. The number of benzene rings is 2. The molecule has 0 heterocycles. The van der Waals surface area contributed by atoms with Crippen molar-refractivity contribution in [2.24, 2.45) is 0 Å². The Bertz CT molecular complexity index is 680. The fourth-order valence-electron chi connectivity index (χ4n) is 1.71. The van der Waals surface area contributed by atoms with Crippen molar-refractivity contribution in [2.75, 3.05) is 11.9 Å². The molecule has 21 heavy (non-hydrogen) atoms. The van der Waals surface area contributed by atoms with Crippen LogP contribution in [-0.4, -0.2) is 12.5 Å². The van der Waals surface area contributed by atoms with Crippen molar-refractivity contribution in [1.29, 1.82) is 5.26 Å².